The molecule has 0 aliphatic carbocycles. The molecule has 2 aromatic carbocycles. The molecule has 3 rings (SSSR count). The fourth-order valence-corrected chi connectivity index (χ4v) is 2.88. The second-order valence-electron chi connectivity index (χ2n) is 6.29. The zero-order valence-electron chi connectivity index (χ0n) is 15.5. The smallest absolute Gasteiger partial charge is 0.329 e. The Labute approximate surface area is 171 Å². The predicted molar refractivity (Wildman–Crippen MR) is 107 cm³/mol. The average Bonchev–Trinajstić information content (AvgIpc) is 3.20. The maximum Gasteiger partial charge on any atom is 0.329 e. The van der Waals surface area contributed by atoms with Gasteiger partial charge in [-0.2, -0.15) is 0 Å². The van der Waals surface area contributed by atoms with Gasteiger partial charge in [-0.25, -0.2) is 4.79 Å². The topological polar surface area (TPSA) is 86.5 Å². The van der Waals surface area contributed by atoms with Gasteiger partial charge < -0.3 is 13.9 Å². The summed E-state index contributed by atoms with van der Waals surface area (Å²) in [5, 5.41) is 11.2. The Bertz CT molecular complexity index is 932. The molecule has 3 aromatic rings. The van der Waals surface area contributed by atoms with Crippen molar-refractivity contribution < 1.29 is 18.7 Å². The summed E-state index contributed by atoms with van der Waals surface area (Å²) in [6, 6.07) is 16.8. The van der Waals surface area contributed by atoms with E-state index in [1.54, 1.807) is 6.92 Å². The van der Waals surface area contributed by atoms with Crippen LogP contribution in [-0.2, 0) is 16.1 Å². The molecule has 7 nitrogen and oxygen atoms in total. The van der Waals surface area contributed by atoms with Gasteiger partial charge in [-0.3, -0.25) is 5.32 Å². The van der Waals surface area contributed by atoms with Crippen LogP contribution in [-0.4, -0.2) is 35.4 Å². The molecule has 1 atom stereocenters. The lowest BCUT2D eigenvalue weighted by molar-refractivity contribution is -0.149. The Morgan fingerprint density at radius 1 is 1.18 bits per heavy atom. The highest BCUT2D eigenvalue weighted by molar-refractivity contribution is 9.10. The van der Waals surface area contributed by atoms with Crippen molar-refractivity contribution in [3.8, 4) is 17.2 Å². The van der Waals surface area contributed by atoms with E-state index in [4.69, 9.17) is 13.9 Å². The van der Waals surface area contributed by atoms with Crippen LogP contribution in [0.15, 0.2) is 63.5 Å². The average molecular weight is 446 g/mol. The lowest BCUT2D eigenvalue weighted by Crippen LogP contribution is -2.54. The molecule has 8 heteroatoms. The minimum absolute atomic E-state index is 0.0797. The van der Waals surface area contributed by atoms with Crippen molar-refractivity contribution in [2.45, 2.75) is 19.0 Å². The Kier molecular flexibility index (Phi) is 6.43. The Balaban J connectivity index is 1.67. The SMILES string of the molecule is COC(=O)C(C)(COc1ccccc1)NCc1nnc(-c2cccc(Br)c2)o1. The molecule has 0 aliphatic rings. The van der Waals surface area contributed by atoms with Gasteiger partial charge in [-0.05, 0) is 37.3 Å². The summed E-state index contributed by atoms with van der Waals surface area (Å²) in [6.07, 6.45) is 0. The molecule has 0 spiro atoms. The van der Waals surface area contributed by atoms with Crippen molar-refractivity contribution in [3.63, 3.8) is 0 Å². The normalized spacial score (nSPS) is 13.0. The highest BCUT2D eigenvalue weighted by atomic mass is 79.9. The van der Waals surface area contributed by atoms with Crippen molar-refractivity contribution in [2.24, 2.45) is 0 Å². The third kappa shape index (κ3) is 4.96. The summed E-state index contributed by atoms with van der Waals surface area (Å²) in [7, 11) is 1.34. The highest BCUT2D eigenvalue weighted by Gasteiger charge is 2.35. The number of rotatable bonds is 8. The molecule has 0 saturated heterocycles. The molecule has 0 fully saturated rings. The van der Waals surface area contributed by atoms with Gasteiger partial charge in [-0.15, -0.1) is 10.2 Å². The third-order valence-corrected chi connectivity index (χ3v) is 4.57. The Morgan fingerprint density at radius 3 is 2.68 bits per heavy atom. The second kappa shape index (κ2) is 8.99. The number of halogens is 1. The molecule has 0 amide bonds. The van der Waals surface area contributed by atoms with Crippen LogP contribution in [0.1, 0.15) is 12.8 Å². The Hall–Kier alpha value is -2.71. The number of hydrogen-bond donors (Lipinski definition) is 1. The molecular formula is C20H20BrN3O4. The van der Waals surface area contributed by atoms with E-state index in [-0.39, 0.29) is 13.2 Å². The van der Waals surface area contributed by atoms with Crippen molar-refractivity contribution in [1.29, 1.82) is 0 Å². The van der Waals surface area contributed by atoms with Crippen LogP contribution >= 0.6 is 15.9 Å². The number of methoxy groups -OCH3 is 1. The third-order valence-electron chi connectivity index (χ3n) is 4.07. The van der Waals surface area contributed by atoms with E-state index in [2.05, 4.69) is 31.4 Å². The molecule has 1 aromatic heterocycles. The van der Waals surface area contributed by atoms with E-state index in [1.165, 1.54) is 7.11 Å². The van der Waals surface area contributed by atoms with Crippen LogP contribution in [0.4, 0.5) is 0 Å². The minimum Gasteiger partial charge on any atom is -0.491 e. The van der Waals surface area contributed by atoms with Gasteiger partial charge in [0.25, 0.3) is 0 Å². The number of para-hydroxylation sites is 1. The van der Waals surface area contributed by atoms with E-state index in [0.717, 1.165) is 10.0 Å². The summed E-state index contributed by atoms with van der Waals surface area (Å²) in [4.78, 5) is 12.3. The minimum atomic E-state index is -1.09. The molecule has 1 heterocycles. The lowest BCUT2D eigenvalue weighted by Gasteiger charge is -2.27. The van der Waals surface area contributed by atoms with Crippen LogP contribution < -0.4 is 10.1 Å². The number of ether oxygens (including phenoxy) is 2. The van der Waals surface area contributed by atoms with Crippen LogP contribution in [0.5, 0.6) is 5.75 Å². The van der Waals surface area contributed by atoms with Gasteiger partial charge in [0.05, 0.1) is 13.7 Å². The first-order valence-corrected chi connectivity index (χ1v) is 9.39. The van der Waals surface area contributed by atoms with Crippen LogP contribution in [0.3, 0.4) is 0 Å². The van der Waals surface area contributed by atoms with Crippen molar-refractivity contribution in [1.82, 2.24) is 15.5 Å². The quantitative estimate of drug-likeness (QED) is 0.529. The summed E-state index contributed by atoms with van der Waals surface area (Å²) in [6.45, 7) is 1.97. The summed E-state index contributed by atoms with van der Waals surface area (Å²) in [5.74, 6) is 0.965. The monoisotopic (exact) mass is 445 g/mol. The largest absolute Gasteiger partial charge is 0.491 e. The van der Waals surface area contributed by atoms with Crippen molar-refractivity contribution in [2.75, 3.05) is 13.7 Å². The van der Waals surface area contributed by atoms with Gasteiger partial charge in [0.1, 0.15) is 17.9 Å². The predicted octanol–water partition coefficient (Wildman–Crippen LogP) is 3.60. The molecule has 1 N–H and O–H groups in total. The van der Waals surface area contributed by atoms with E-state index < -0.39 is 11.5 Å². The maximum atomic E-state index is 12.3. The maximum absolute atomic E-state index is 12.3. The van der Waals surface area contributed by atoms with E-state index in [1.807, 2.05) is 54.6 Å². The first kappa shape index (κ1) is 20.0. The second-order valence-corrected chi connectivity index (χ2v) is 7.21. The first-order valence-electron chi connectivity index (χ1n) is 8.60. The van der Waals surface area contributed by atoms with Crippen molar-refractivity contribution >= 4 is 21.9 Å². The number of aromatic nitrogens is 2. The number of nitrogens with zero attached hydrogens (tertiary/aromatic N) is 2. The molecule has 0 radical (unpaired) electrons. The zero-order valence-corrected chi connectivity index (χ0v) is 17.1. The summed E-state index contributed by atoms with van der Waals surface area (Å²) >= 11 is 3.42. The van der Waals surface area contributed by atoms with Crippen LogP contribution in [0.2, 0.25) is 0 Å². The van der Waals surface area contributed by atoms with Gasteiger partial charge in [0.2, 0.25) is 11.8 Å². The van der Waals surface area contributed by atoms with E-state index in [0.29, 0.717) is 17.5 Å². The zero-order chi connectivity index (χ0) is 20.0. The molecule has 0 aliphatic heterocycles. The van der Waals surface area contributed by atoms with Crippen LogP contribution in [0.25, 0.3) is 11.5 Å². The number of carbonyl (C=O) groups excluding carboxylic acids is 1. The molecule has 0 bridgehead atoms. The number of carbonyl (C=O) groups is 1. The van der Waals surface area contributed by atoms with Crippen molar-refractivity contribution in [3.05, 3.63) is 65.0 Å². The fraction of sp³-hybridized carbons (Fsp3) is 0.250. The number of benzene rings is 2. The van der Waals surface area contributed by atoms with Gasteiger partial charge in [-0.1, -0.05) is 40.2 Å². The molecule has 28 heavy (non-hydrogen) atoms. The fourth-order valence-electron chi connectivity index (χ4n) is 2.49. The summed E-state index contributed by atoms with van der Waals surface area (Å²) < 4.78 is 17.3. The van der Waals surface area contributed by atoms with E-state index >= 15 is 0 Å². The molecule has 146 valence electrons. The number of nitrogens with one attached hydrogen (secondary N) is 1. The highest BCUT2D eigenvalue weighted by Crippen LogP contribution is 2.22. The van der Waals surface area contributed by atoms with E-state index in [9.17, 15) is 4.79 Å². The number of hydrogen-bond acceptors (Lipinski definition) is 7. The van der Waals surface area contributed by atoms with Gasteiger partial charge in [0.15, 0.2) is 0 Å². The Morgan fingerprint density at radius 2 is 1.96 bits per heavy atom. The molecule has 0 saturated carbocycles. The lowest BCUT2D eigenvalue weighted by atomic mass is 10.0. The standard InChI is InChI=1S/C20H20BrN3O4/c1-20(19(25)26-2,13-27-16-9-4-3-5-10-16)22-12-17-23-24-18(28-17)14-7-6-8-15(21)11-14/h3-11,22H,12-13H2,1-2H3. The molecular weight excluding hydrogens is 426 g/mol. The molecule has 1 unspecified atom stereocenters. The number of esters is 1. The first-order chi connectivity index (χ1) is 13.5. The van der Waals surface area contributed by atoms with Gasteiger partial charge in [0, 0.05) is 10.0 Å². The van der Waals surface area contributed by atoms with Crippen LogP contribution in [0, 0.1) is 0 Å². The van der Waals surface area contributed by atoms with Gasteiger partial charge >= 0.3 is 5.97 Å². The summed E-state index contributed by atoms with van der Waals surface area (Å²) in [5.41, 5.74) is -0.286.